The summed E-state index contributed by atoms with van der Waals surface area (Å²) in [5.41, 5.74) is 1.75. The maximum absolute atomic E-state index is 13.0. The van der Waals surface area contributed by atoms with Crippen molar-refractivity contribution in [2.24, 2.45) is 0 Å². The molecule has 2 amide bonds. The molecule has 0 unspecified atom stereocenters. The van der Waals surface area contributed by atoms with E-state index in [1.807, 2.05) is 30.3 Å². The summed E-state index contributed by atoms with van der Waals surface area (Å²) in [5, 5.41) is 2.53. The number of thioether (sulfide) groups is 1. The Balaban J connectivity index is 1.28. The molecular formula is C30H23BrClNO5S. The molecule has 198 valence electrons. The second kappa shape index (κ2) is 12.2. The molecular weight excluding hydrogens is 602 g/mol. The SMILES string of the molecule is COc1cc(/C=C2\SC(=O)N(CCOc3ccc(Cl)cc3)C2=O)cc(Br)c1OCc1cccc2ccccc12. The van der Waals surface area contributed by atoms with E-state index >= 15 is 0 Å². The molecule has 1 fully saturated rings. The Hall–Kier alpha value is -3.46. The third-order valence-corrected chi connectivity index (χ3v) is 7.82. The summed E-state index contributed by atoms with van der Waals surface area (Å²) >= 11 is 10.4. The lowest BCUT2D eigenvalue weighted by molar-refractivity contribution is -0.123. The number of amides is 2. The van der Waals surface area contributed by atoms with Crippen LogP contribution in [-0.4, -0.2) is 36.3 Å². The van der Waals surface area contributed by atoms with E-state index in [9.17, 15) is 9.59 Å². The monoisotopic (exact) mass is 623 g/mol. The fraction of sp³-hybridized carbons (Fsp3) is 0.133. The highest BCUT2D eigenvalue weighted by Crippen LogP contribution is 2.39. The van der Waals surface area contributed by atoms with Gasteiger partial charge in [-0.3, -0.25) is 14.5 Å². The highest BCUT2D eigenvalue weighted by Gasteiger charge is 2.35. The van der Waals surface area contributed by atoms with Crippen LogP contribution in [0.25, 0.3) is 16.8 Å². The predicted molar refractivity (Wildman–Crippen MR) is 159 cm³/mol. The third kappa shape index (κ3) is 6.24. The Morgan fingerprint density at radius 3 is 2.54 bits per heavy atom. The normalized spacial score (nSPS) is 14.3. The van der Waals surface area contributed by atoms with Crippen LogP contribution in [0.3, 0.4) is 0 Å². The molecule has 5 rings (SSSR count). The minimum Gasteiger partial charge on any atom is -0.493 e. The van der Waals surface area contributed by atoms with Crippen molar-refractivity contribution in [1.29, 1.82) is 0 Å². The zero-order valence-electron chi connectivity index (χ0n) is 20.9. The molecule has 0 bridgehead atoms. The number of fused-ring (bicyclic) bond motifs is 1. The Morgan fingerprint density at radius 2 is 1.74 bits per heavy atom. The van der Waals surface area contributed by atoms with Crippen molar-refractivity contribution in [3.05, 3.63) is 104 Å². The minimum absolute atomic E-state index is 0.137. The summed E-state index contributed by atoms with van der Waals surface area (Å²) in [6.45, 7) is 0.667. The van der Waals surface area contributed by atoms with Crippen molar-refractivity contribution in [3.8, 4) is 17.2 Å². The summed E-state index contributed by atoms with van der Waals surface area (Å²) in [4.78, 5) is 27.0. The number of rotatable bonds is 9. The summed E-state index contributed by atoms with van der Waals surface area (Å²) < 4.78 is 18.1. The number of methoxy groups -OCH3 is 1. The van der Waals surface area contributed by atoms with Crippen molar-refractivity contribution < 1.29 is 23.8 Å². The number of halogens is 2. The van der Waals surface area contributed by atoms with Crippen LogP contribution in [0.15, 0.2) is 88.2 Å². The fourth-order valence-electron chi connectivity index (χ4n) is 4.16. The molecule has 9 heteroatoms. The standard InChI is InChI=1S/C30H23BrClNO5S/c1-36-26-16-19(15-25(31)28(26)38-18-21-7-4-6-20-5-2-3-8-24(20)21)17-27-29(34)33(30(35)39-27)13-14-37-23-11-9-22(32)10-12-23/h2-12,15-17H,13-14,18H2,1H3/b27-17-. The molecule has 1 saturated heterocycles. The van der Waals surface area contributed by atoms with Gasteiger partial charge in [0.25, 0.3) is 11.1 Å². The van der Waals surface area contributed by atoms with E-state index in [-0.39, 0.29) is 24.3 Å². The van der Waals surface area contributed by atoms with E-state index < -0.39 is 0 Å². The first-order valence-corrected chi connectivity index (χ1v) is 14.0. The molecule has 1 aliphatic heterocycles. The maximum atomic E-state index is 13.0. The van der Waals surface area contributed by atoms with Crippen molar-refractivity contribution in [2.45, 2.75) is 6.61 Å². The van der Waals surface area contributed by atoms with Gasteiger partial charge in [-0.1, -0.05) is 54.1 Å². The molecule has 0 N–H and O–H groups in total. The van der Waals surface area contributed by atoms with Crippen molar-refractivity contribution in [2.75, 3.05) is 20.3 Å². The van der Waals surface area contributed by atoms with E-state index in [0.29, 0.717) is 43.8 Å². The van der Waals surface area contributed by atoms with Gasteiger partial charge in [0.1, 0.15) is 19.0 Å². The molecule has 0 saturated carbocycles. The van der Waals surface area contributed by atoms with Gasteiger partial charge >= 0.3 is 0 Å². The maximum Gasteiger partial charge on any atom is 0.293 e. The van der Waals surface area contributed by atoms with Gasteiger partial charge in [-0.2, -0.15) is 0 Å². The summed E-state index contributed by atoms with van der Waals surface area (Å²) in [5.74, 6) is 1.30. The van der Waals surface area contributed by atoms with Crippen LogP contribution in [0.1, 0.15) is 11.1 Å². The van der Waals surface area contributed by atoms with Gasteiger partial charge in [0.2, 0.25) is 0 Å². The van der Waals surface area contributed by atoms with Crippen molar-refractivity contribution in [3.63, 3.8) is 0 Å². The van der Waals surface area contributed by atoms with Gasteiger partial charge in [-0.05, 0) is 92.1 Å². The molecule has 0 atom stereocenters. The highest BCUT2D eigenvalue weighted by molar-refractivity contribution is 9.10. The van der Waals surface area contributed by atoms with Gasteiger partial charge in [0.15, 0.2) is 11.5 Å². The predicted octanol–water partition coefficient (Wildman–Crippen LogP) is 7.96. The first-order chi connectivity index (χ1) is 18.9. The van der Waals surface area contributed by atoms with Gasteiger partial charge in [0.05, 0.1) is 23.0 Å². The number of hydrogen-bond donors (Lipinski definition) is 0. The Bertz CT molecular complexity index is 1570. The van der Waals surface area contributed by atoms with Crippen molar-refractivity contribution >= 4 is 67.3 Å². The quantitative estimate of drug-likeness (QED) is 0.176. The number of benzene rings is 4. The number of hydrogen-bond acceptors (Lipinski definition) is 6. The van der Waals surface area contributed by atoms with Crippen LogP contribution >= 0.6 is 39.3 Å². The number of carbonyl (C=O) groups excluding carboxylic acids is 2. The van der Waals surface area contributed by atoms with E-state index in [1.54, 1.807) is 43.5 Å². The molecule has 0 radical (unpaired) electrons. The van der Waals surface area contributed by atoms with Crippen LogP contribution in [0.4, 0.5) is 4.79 Å². The molecule has 0 spiro atoms. The second-order valence-corrected chi connectivity index (χ2v) is 10.9. The molecule has 39 heavy (non-hydrogen) atoms. The van der Waals surface area contributed by atoms with Crippen LogP contribution in [0.2, 0.25) is 5.02 Å². The van der Waals surface area contributed by atoms with E-state index in [4.69, 9.17) is 25.8 Å². The Morgan fingerprint density at radius 1 is 0.974 bits per heavy atom. The lowest BCUT2D eigenvalue weighted by Gasteiger charge is -2.15. The summed E-state index contributed by atoms with van der Waals surface area (Å²) in [6, 6.07) is 24.8. The zero-order chi connectivity index (χ0) is 27.4. The molecule has 6 nitrogen and oxygen atoms in total. The number of nitrogens with zero attached hydrogens (tertiary/aromatic N) is 1. The van der Waals surface area contributed by atoms with Gasteiger partial charge in [0, 0.05) is 5.02 Å². The molecule has 4 aromatic carbocycles. The Kier molecular flexibility index (Phi) is 8.45. The average Bonchev–Trinajstić information content (AvgIpc) is 3.20. The van der Waals surface area contributed by atoms with Gasteiger partial charge < -0.3 is 14.2 Å². The Labute approximate surface area is 243 Å². The van der Waals surface area contributed by atoms with Crippen LogP contribution < -0.4 is 14.2 Å². The lowest BCUT2D eigenvalue weighted by atomic mass is 10.1. The number of carbonyl (C=O) groups is 2. The molecule has 0 aromatic heterocycles. The van der Waals surface area contributed by atoms with E-state index in [1.165, 1.54) is 4.90 Å². The number of ether oxygens (including phenoxy) is 3. The van der Waals surface area contributed by atoms with Gasteiger partial charge in [-0.15, -0.1) is 0 Å². The minimum atomic E-state index is -0.365. The van der Waals surface area contributed by atoms with Crippen LogP contribution in [-0.2, 0) is 11.4 Å². The van der Waals surface area contributed by atoms with E-state index in [0.717, 1.165) is 28.1 Å². The first kappa shape index (κ1) is 27.1. The summed E-state index contributed by atoms with van der Waals surface area (Å²) in [6.07, 6.45) is 1.67. The molecule has 0 aliphatic carbocycles. The lowest BCUT2D eigenvalue weighted by Crippen LogP contribution is -2.32. The van der Waals surface area contributed by atoms with Crippen LogP contribution in [0.5, 0.6) is 17.2 Å². The molecule has 1 heterocycles. The van der Waals surface area contributed by atoms with E-state index in [2.05, 4.69) is 34.1 Å². The average molecular weight is 625 g/mol. The first-order valence-electron chi connectivity index (χ1n) is 12.0. The topological polar surface area (TPSA) is 65.1 Å². The second-order valence-electron chi connectivity index (χ2n) is 8.60. The fourth-order valence-corrected chi connectivity index (χ4v) is 5.73. The van der Waals surface area contributed by atoms with Crippen LogP contribution in [0, 0.1) is 0 Å². The van der Waals surface area contributed by atoms with Crippen molar-refractivity contribution in [1.82, 2.24) is 4.90 Å². The number of imide groups is 1. The highest BCUT2D eigenvalue weighted by atomic mass is 79.9. The smallest absolute Gasteiger partial charge is 0.293 e. The zero-order valence-corrected chi connectivity index (χ0v) is 24.0. The molecule has 4 aromatic rings. The third-order valence-electron chi connectivity index (χ3n) is 6.07. The largest absolute Gasteiger partial charge is 0.493 e. The summed E-state index contributed by atoms with van der Waals surface area (Å²) in [7, 11) is 1.56. The van der Waals surface area contributed by atoms with Gasteiger partial charge in [-0.25, -0.2) is 0 Å². The molecule has 1 aliphatic rings.